The summed E-state index contributed by atoms with van der Waals surface area (Å²) in [4.78, 5) is 27.1. The summed E-state index contributed by atoms with van der Waals surface area (Å²) in [6.07, 6.45) is 6.19. The van der Waals surface area contributed by atoms with Crippen molar-refractivity contribution in [2.75, 3.05) is 21.3 Å². The Hall–Kier alpha value is -1.62. The first-order valence-electron chi connectivity index (χ1n) is 16.3. The SMILES string of the molecule is CCC1CCCC(O)C(C)C(=O)C2=CC3C(C=C(C)C4CC(OC5OC(C)C(OC)C(OC)C5OC)CC43)C2CC(=O)O1. The molecule has 0 spiro atoms. The predicted octanol–water partition coefficient (Wildman–Crippen LogP) is 4.40. The highest BCUT2D eigenvalue weighted by Crippen LogP contribution is 2.56. The third kappa shape index (κ3) is 6.40. The van der Waals surface area contributed by atoms with E-state index in [2.05, 4.69) is 19.1 Å². The maximum Gasteiger partial charge on any atom is 0.306 e. The maximum atomic E-state index is 13.9. The summed E-state index contributed by atoms with van der Waals surface area (Å²) >= 11 is 0. The monoisotopic (exact) mass is 604 g/mol. The van der Waals surface area contributed by atoms with Crippen molar-refractivity contribution < 1.29 is 43.1 Å². The van der Waals surface area contributed by atoms with E-state index in [4.69, 9.17) is 28.4 Å². The van der Waals surface area contributed by atoms with Gasteiger partial charge in [0.15, 0.2) is 12.1 Å². The number of ether oxygens (including phenoxy) is 6. The zero-order valence-electron chi connectivity index (χ0n) is 26.9. The molecule has 43 heavy (non-hydrogen) atoms. The minimum Gasteiger partial charge on any atom is -0.462 e. The number of carbonyl (C=O) groups excluding carboxylic acids is 2. The van der Waals surface area contributed by atoms with Crippen molar-refractivity contribution in [1.29, 1.82) is 0 Å². The van der Waals surface area contributed by atoms with Crippen LogP contribution in [-0.4, -0.2) is 87.2 Å². The molecule has 2 heterocycles. The number of allylic oxidation sites excluding steroid dienone is 4. The van der Waals surface area contributed by atoms with Crippen LogP contribution in [0.3, 0.4) is 0 Å². The second kappa shape index (κ2) is 13.8. The summed E-state index contributed by atoms with van der Waals surface area (Å²) in [5.74, 6) is -0.288. The van der Waals surface area contributed by atoms with E-state index in [0.29, 0.717) is 24.3 Å². The van der Waals surface area contributed by atoms with Crippen molar-refractivity contribution in [1.82, 2.24) is 0 Å². The van der Waals surface area contributed by atoms with Gasteiger partial charge >= 0.3 is 5.97 Å². The molecular weight excluding hydrogens is 552 g/mol. The fourth-order valence-corrected chi connectivity index (χ4v) is 8.69. The van der Waals surface area contributed by atoms with E-state index in [1.807, 2.05) is 20.8 Å². The van der Waals surface area contributed by atoms with Crippen LogP contribution < -0.4 is 0 Å². The lowest BCUT2D eigenvalue weighted by atomic mass is 9.67. The molecule has 1 saturated carbocycles. The van der Waals surface area contributed by atoms with Crippen LogP contribution in [0.5, 0.6) is 0 Å². The largest absolute Gasteiger partial charge is 0.462 e. The summed E-state index contributed by atoms with van der Waals surface area (Å²) in [6.45, 7) is 7.98. The van der Waals surface area contributed by atoms with Gasteiger partial charge in [-0.2, -0.15) is 0 Å². The van der Waals surface area contributed by atoms with E-state index >= 15 is 0 Å². The molecule has 0 aromatic carbocycles. The van der Waals surface area contributed by atoms with E-state index in [0.717, 1.165) is 25.7 Å². The molecule has 3 aliphatic carbocycles. The molecule has 14 unspecified atom stereocenters. The van der Waals surface area contributed by atoms with Crippen molar-refractivity contribution >= 4 is 11.8 Å². The number of carbonyl (C=O) groups is 2. The van der Waals surface area contributed by atoms with Crippen molar-refractivity contribution in [3.63, 3.8) is 0 Å². The first kappa shape index (κ1) is 32.8. The topological polar surface area (TPSA) is 110 Å². The molecule has 0 amide bonds. The van der Waals surface area contributed by atoms with E-state index in [-0.39, 0.29) is 72.4 Å². The number of hydrogen-bond acceptors (Lipinski definition) is 9. The van der Waals surface area contributed by atoms with E-state index in [1.165, 1.54) is 5.57 Å². The average molecular weight is 605 g/mol. The second-order valence-corrected chi connectivity index (χ2v) is 13.5. The Morgan fingerprint density at radius 2 is 1.65 bits per heavy atom. The summed E-state index contributed by atoms with van der Waals surface area (Å²) in [5, 5.41) is 10.9. The van der Waals surface area contributed by atoms with Crippen molar-refractivity contribution in [3.8, 4) is 0 Å². The number of methoxy groups -OCH3 is 3. The lowest BCUT2D eigenvalue weighted by Gasteiger charge is -2.44. The summed E-state index contributed by atoms with van der Waals surface area (Å²) in [5.41, 5.74) is 1.98. The average Bonchev–Trinajstić information content (AvgIpc) is 3.56. The van der Waals surface area contributed by atoms with Crippen LogP contribution in [0, 0.1) is 35.5 Å². The fourth-order valence-electron chi connectivity index (χ4n) is 8.69. The van der Waals surface area contributed by atoms with Crippen molar-refractivity contribution in [3.05, 3.63) is 23.3 Å². The van der Waals surface area contributed by atoms with Gasteiger partial charge < -0.3 is 33.5 Å². The van der Waals surface area contributed by atoms with Gasteiger partial charge in [0.2, 0.25) is 0 Å². The Morgan fingerprint density at radius 1 is 0.930 bits per heavy atom. The number of rotatable bonds is 6. The number of esters is 1. The standard InChI is InChI=1S/C34H52O9/c1-8-20-10-9-11-28(35)18(3)30(37)27-15-25-23(26(27)16-29(36)42-20)12-17(2)22-13-21(14-24(22)25)43-34-33(40-7)32(39-6)31(38-5)19(4)41-34/h12,15,18-26,28,31-35H,8-11,13-14,16H2,1-7H3. The van der Waals surface area contributed by atoms with E-state index in [1.54, 1.807) is 21.3 Å². The molecule has 1 N–H and O–H groups in total. The van der Waals surface area contributed by atoms with Crippen LogP contribution in [0.4, 0.5) is 0 Å². The molecule has 9 nitrogen and oxygen atoms in total. The minimum atomic E-state index is -0.709. The molecule has 0 aromatic rings. The molecule has 242 valence electrons. The molecule has 9 heteroatoms. The third-order valence-corrected chi connectivity index (χ3v) is 11.1. The Kier molecular flexibility index (Phi) is 10.5. The number of ketones is 1. The maximum absolute atomic E-state index is 13.9. The first-order chi connectivity index (χ1) is 20.6. The molecule has 0 aromatic heterocycles. The van der Waals surface area contributed by atoms with Crippen molar-refractivity contribution in [2.24, 2.45) is 35.5 Å². The molecule has 0 bridgehead atoms. The lowest BCUT2D eigenvalue weighted by Crippen LogP contribution is -2.59. The lowest BCUT2D eigenvalue weighted by molar-refractivity contribution is -0.314. The van der Waals surface area contributed by atoms with Gasteiger partial charge in [0, 0.05) is 33.2 Å². The highest BCUT2D eigenvalue weighted by Gasteiger charge is 2.53. The van der Waals surface area contributed by atoms with Crippen LogP contribution in [0.2, 0.25) is 0 Å². The normalized spacial score (nSPS) is 45.6. The predicted molar refractivity (Wildman–Crippen MR) is 159 cm³/mol. The van der Waals surface area contributed by atoms with Crippen LogP contribution in [-0.2, 0) is 38.0 Å². The second-order valence-electron chi connectivity index (χ2n) is 13.5. The van der Waals surface area contributed by atoms with E-state index < -0.39 is 24.4 Å². The fraction of sp³-hybridized carbons (Fsp3) is 0.824. The number of aliphatic hydroxyl groups excluding tert-OH is 1. The molecule has 2 aliphatic heterocycles. The third-order valence-electron chi connectivity index (χ3n) is 11.1. The zero-order valence-corrected chi connectivity index (χ0v) is 26.9. The van der Waals surface area contributed by atoms with Gasteiger partial charge in [-0.1, -0.05) is 31.6 Å². The van der Waals surface area contributed by atoms with E-state index in [9.17, 15) is 14.7 Å². The van der Waals surface area contributed by atoms with Gasteiger partial charge in [0.25, 0.3) is 0 Å². The minimum absolute atomic E-state index is 0.0356. The number of hydrogen-bond donors (Lipinski definition) is 1. The highest BCUT2D eigenvalue weighted by molar-refractivity contribution is 5.99. The van der Waals surface area contributed by atoms with Gasteiger partial charge in [-0.15, -0.1) is 0 Å². The molecular formula is C34H52O9. The Bertz CT molecular complexity index is 1070. The van der Waals surface area contributed by atoms with Gasteiger partial charge in [-0.25, -0.2) is 0 Å². The first-order valence-corrected chi connectivity index (χ1v) is 16.3. The van der Waals surface area contributed by atoms with Crippen molar-refractivity contribution in [2.45, 2.75) is 122 Å². The summed E-state index contributed by atoms with van der Waals surface area (Å²) < 4.78 is 36.1. The van der Waals surface area contributed by atoms with Gasteiger partial charge in [0.1, 0.15) is 24.4 Å². The summed E-state index contributed by atoms with van der Waals surface area (Å²) in [7, 11) is 4.94. The zero-order chi connectivity index (χ0) is 31.0. The van der Waals surface area contributed by atoms with Crippen LogP contribution in [0.15, 0.2) is 23.3 Å². The Labute approximate surface area is 256 Å². The van der Waals surface area contributed by atoms with Gasteiger partial charge in [0.05, 0.1) is 24.7 Å². The van der Waals surface area contributed by atoms with Crippen LogP contribution in [0.25, 0.3) is 0 Å². The van der Waals surface area contributed by atoms with Gasteiger partial charge in [-0.05, 0) is 81.6 Å². The van der Waals surface area contributed by atoms with Gasteiger partial charge in [-0.3, -0.25) is 9.59 Å². The number of aliphatic hydroxyl groups is 1. The number of cyclic esters (lactones) is 1. The Morgan fingerprint density at radius 3 is 2.33 bits per heavy atom. The number of Topliss-reactive ketones (excluding diaryl/α,β-unsaturated/α-hetero) is 1. The molecule has 0 radical (unpaired) electrons. The molecule has 3 fully saturated rings. The van der Waals surface area contributed by atoms with Crippen LogP contribution >= 0.6 is 0 Å². The molecule has 2 saturated heterocycles. The quantitative estimate of drug-likeness (QED) is 0.349. The number of fused-ring (bicyclic) bond motifs is 5. The Balaban J connectivity index is 1.38. The smallest absolute Gasteiger partial charge is 0.306 e. The highest BCUT2D eigenvalue weighted by atomic mass is 16.7. The molecule has 14 atom stereocenters. The summed E-state index contributed by atoms with van der Waals surface area (Å²) in [6, 6.07) is 0. The molecule has 5 rings (SSSR count). The molecule has 5 aliphatic rings. The van der Waals surface area contributed by atoms with Crippen LogP contribution in [0.1, 0.15) is 72.6 Å².